The molecule has 0 bridgehead atoms. The third kappa shape index (κ3) is 2.99. The first-order valence-electron chi connectivity index (χ1n) is 8.19. The van der Waals surface area contributed by atoms with Crippen LogP contribution in [0.1, 0.15) is 18.9 Å². The van der Waals surface area contributed by atoms with Crippen molar-refractivity contribution in [2.45, 2.75) is 18.9 Å². The zero-order valence-corrected chi connectivity index (χ0v) is 15.3. The minimum atomic E-state index is -3.56. The molecule has 3 heterocycles. The number of nitrogens with two attached hydrogens (primary N) is 1. The highest BCUT2D eigenvalue weighted by Gasteiger charge is 2.48. The zero-order chi connectivity index (χ0) is 18.9. The smallest absolute Gasteiger partial charge is 0.216 e. The van der Waals surface area contributed by atoms with E-state index in [1.165, 1.54) is 10.6 Å². The van der Waals surface area contributed by atoms with Gasteiger partial charge in [-0.2, -0.15) is 9.40 Å². The molecule has 0 unspecified atom stereocenters. The molecule has 0 aliphatic carbocycles. The molecule has 10 heteroatoms. The molecule has 0 aromatic carbocycles. The fourth-order valence-corrected chi connectivity index (χ4v) is 4.44. The van der Waals surface area contributed by atoms with E-state index in [0.29, 0.717) is 23.5 Å². The number of nitrogens with zero attached hydrogens (tertiary/aromatic N) is 5. The molecular weight excluding hydrogens is 359 g/mol. The summed E-state index contributed by atoms with van der Waals surface area (Å²) < 4.78 is 39.5. The number of aromatic nitrogens is 4. The molecule has 8 nitrogen and oxygen atoms in total. The minimum absolute atomic E-state index is 0.271. The highest BCUT2D eigenvalue weighted by molar-refractivity contribution is 7.89. The predicted octanol–water partition coefficient (Wildman–Crippen LogP) is 1.29. The van der Waals surface area contributed by atoms with Gasteiger partial charge < -0.3 is 5.73 Å². The summed E-state index contributed by atoms with van der Waals surface area (Å²) in [6.07, 6.45) is 7.13. The van der Waals surface area contributed by atoms with E-state index >= 15 is 0 Å². The first-order chi connectivity index (χ1) is 12.4. The molecule has 1 aliphatic rings. The first kappa shape index (κ1) is 18.5. The van der Waals surface area contributed by atoms with Gasteiger partial charge in [0, 0.05) is 30.4 Å². The molecule has 140 valence electrons. The van der Waals surface area contributed by atoms with Gasteiger partial charge in [-0.25, -0.2) is 22.8 Å². The van der Waals surface area contributed by atoms with Gasteiger partial charge in [-0.05, 0) is 6.42 Å². The van der Waals surface area contributed by atoms with Crippen LogP contribution in [0.15, 0.2) is 25.3 Å². The largest absolute Gasteiger partial charge is 0.383 e. The Morgan fingerprint density at radius 2 is 2.15 bits per heavy atom. The van der Waals surface area contributed by atoms with Crippen molar-refractivity contribution in [3.63, 3.8) is 0 Å². The Morgan fingerprint density at radius 1 is 1.42 bits per heavy atom. The minimum Gasteiger partial charge on any atom is -0.383 e. The molecule has 0 radical (unpaired) electrons. The van der Waals surface area contributed by atoms with Crippen molar-refractivity contribution in [1.29, 1.82) is 0 Å². The summed E-state index contributed by atoms with van der Waals surface area (Å²) in [7, 11) is -3.56. The van der Waals surface area contributed by atoms with Gasteiger partial charge in [-0.1, -0.05) is 19.6 Å². The summed E-state index contributed by atoms with van der Waals surface area (Å²) in [5.41, 5.74) is 7.40. The predicted molar refractivity (Wildman–Crippen MR) is 97.4 cm³/mol. The maximum atomic E-state index is 12.4. The Kier molecular flexibility index (Phi) is 4.80. The molecule has 1 saturated heterocycles. The monoisotopic (exact) mass is 380 g/mol. The Balaban J connectivity index is 1.88. The molecule has 1 fully saturated rings. The van der Waals surface area contributed by atoms with E-state index in [1.807, 2.05) is 13.1 Å². The van der Waals surface area contributed by atoms with E-state index < -0.39 is 28.0 Å². The van der Waals surface area contributed by atoms with Gasteiger partial charge >= 0.3 is 0 Å². The van der Waals surface area contributed by atoms with Crippen LogP contribution in [-0.4, -0.2) is 58.0 Å². The summed E-state index contributed by atoms with van der Waals surface area (Å²) in [4.78, 5) is 8.21. The summed E-state index contributed by atoms with van der Waals surface area (Å²) in [5, 5.41) is 4.41. The summed E-state index contributed by atoms with van der Waals surface area (Å²) in [5.74, 6) is -0.157. The summed E-state index contributed by atoms with van der Waals surface area (Å²) in [6, 6.07) is 0. The van der Waals surface area contributed by atoms with E-state index in [9.17, 15) is 12.8 Å². The highest BCUT2D eigenvalue weighted by atomic mass is 32.2. The van der Waals surface area contributed by atoms with Crippen molar-refractivity contribution in [3.8, 4) is 11.3 Å². The zero-order valence-electron chi connectivity index (χ0n) is 14.5. The molecule has 2 aromatic heterocycles. The third-order valence-corrected chi connectivity index (χ3v) is 6.50. The number of alkyl halides is 1. The SMILES string of the molecule is C=Cc1c(N)ncnc1-c1cnn(C2(CC)CN(S(=O)(=O)CCF)C2)c1. The number of nitrogen functional groups attached to an aromatic ring is 1. The lowest BCUT2D eigenvalue weighted by molar-refractivity contribution is 0.0631. The van der Waals surface area contributed by atoms with Crippen LogP contribution in [0.5, 0.6) is 0 Å². The average Bonchev–Trinajstić information content (AvgIpc) is 3.04. The fourth-order valence-electron chi connectivity index (χ4n) is 3.11. The standard InChI is InChI=1S/C16H21FN6O2S/c1-3-13-14(19-11-20-15(13)18)12-7-21-23(8-12)16(4-2)9-22(10-16)26(24,25)6-5-17/h3,7-8,11H,1,4-6,9-10H2,2H3,(H2,18,19,20). The number of halogens is 1. The number of hydrogen-bond donors (Lipinski definition) is 1. The van der Waals surface area contributed by atoms with Crippen LogP contribution < -0.4 is 5.73 Å². The molecule has 2 aromatic rings. The van der Waals surface area contributed by atoms with Gasteiger partial charge in [0.25, 0.3) is 0 Å². The second-order valence-electron chi connectivity index (χ2n) is 6.25. The molecule has 2 N–H and O–H groups in total. The van der Waals surface area contributed by atoms with E-state index in [-0.39, 0.29) is 13.1 Å². The van der Waals surface area contributed by atoms with Crippen molar-refractivity contribution in [1.82, 2.24) is 24.1 Å². The van der Waals surface area contributed by atoms with Gasteiger partial charge in [-0.15, -0.1) is 0 Å². The fraction of sp³-hybridized carbons (Fsp3) is 0.438. The Morgan fingerprint density at radius 3 is 2.77 bits per heavy atom. The molecule has 0 atom stereocenters. The lowest BCUT2D eigenvalue weighted by Crippen LogP contribution is -2.64. The van der Waals surface area contributed by atoms with Crippen LogP contribution in [0, 0.1) is 0 Å². The average molecular weight is 380 g/mol. The van der Waals surface area contributed by atoms with Crippen LogP contribution in [-0.2, 0) is 15.6 Å². The van der Waals surface area contributed by atoms with E-state index in [4.69, 9.17) is 5.73 Å². The molecule has 0 spiro atoms. The lowest BCUT2D eigenvalue weighted by atomic mass is 9.89. The molecule has 1 aliphatic heterocycles. The van der Waals surface area contributed by atoms with Crippen LogP contribution >= 0.6 is 0 Å². The Labute approximate surface area is 151 Å². The Bertz CT molecular complexity index is 921. The van der Waals surface area contributed by atoms with Gasteiger partial charge in [0.05, 0.1) is 23.2 Å². The molecule has 3 rings (SSSR count). The number of hydrogen-bond acceptors (Lipinski definition) is 6. The molecule has 26 heavy (non-hydrogen) atoms. The van der Waals surface area contributed by atoms with Crippen molar-refractivity contribution in [3.05, 3.63) is 30.9 Å². The van der Waals surface area contributed by atoms with E-state index in [1.54, 1.807) is 17.0 Å². The van der Waals surface area contributed by atoms with Gasteiger partial charge in [0.15, 0.2) is 0 Å². The molecule has 0 amide bonds. The summed E-state index contributed by atoms with van der Waals surface area (Å²) in [6.45, 7) is 5.37. The van der Waals surface area contributed by atoms with Crippen molar-refractivity contribution < 1.29 is 12.8 Å². The maximum absolute atomic E-state index is 12.4. The highest BCUT2D eigenvalue weighted by Crippen LogP contribution is 2.35. The lowest BCUT2D eigenvalue weighted by Gasteiger charge is -2.48. The van der Waals surface area contributed by atoms with Crippen LogP contribution in [0.25, 0.3) is 17.3 Å². The van der Waals surface area contributed by atoms with Gasteiger partial charge in [-0.3, -0.25) is 4.68 Å². The van der Waals surface area contributed by atoms with Gasteiger partial charge in [0.2, 0.25) is 10.0 Å². The number of sulfonamides is 1. The third-order valence-electron chi connectivity index (χ3n) is 4.79. The number of anilines is 1. The van der Waals surface area contributed by atoms with Crippen molar-refractivity contribution in [2.24, 2.45) is 0 Å². The van der Waals surface area contributed by atoms with Crippen molar-refractivity contribution in [2.75, 3.05) is 31.3 Å². The van der Waals surface area contributed by atoms with Crippen LogP contribution in [0.3, 0.4) is 0 Å². The second-order valence-corrected chi connectivity index (χ2v) is 8.34. The van der Waals surface area contributed by atoms with Gasteiger partial charge in [0.1, 0.15) is 18.8 Å². The summed E-state index contributed by atoms with van der Waals surface area (Å²) >= 11 is 0. The quantitative estimate of drug-likeness (QED) is 0.775. The molecule has 0 saturated carbocycles. The van der Waals surface area contributed by atoms with Crippen LogP contribution in [0.2, 0.25) is 0 Å². The van der Waals surface area contributed by atoms with Crippen molar-refractivity contribution >= 4 is 21.9 Å². The normalized spacial score (nSPS) is 17.0. The van der Waals surface area contributed by atoms with E-state index in [0.717, 1.165) is 5.56 Å². The molecular formula is C16H21FN6O2S. The first-order valence-corrected chi connectivity index (χ1v) is 9.80. The number of rotatable bonds is 7. The van der Waals surface area contributed by atoms with E-state index in [2.05, 4.69) is 21.6 Å². The maximum Gasteiger partial charge on any atom is 0.216 e. The Hall–Kier alpha value is -2.33. The topological polar surface area (TPSA) is 107 Å². The van der Waals surface area contributed by atoms with Crippen LogP contribution in [0.4, 0.5) is 10.2 Å². The second kappa shape index (κ2) is 6.76.